The lowest BCUT2D eigenvalue weighted by molar-refractivity contribution is -0.147. The maximum atomic E-state index is 12.0. The molecule has 0 unspecified atom stereocenters. The summed E-state index contributed by atoms with van der Waals surface area (Å²) in [6.45, 7) is -1.14. The predicted molar refractivity (Wildman–Crippen MR) is 97.6 cm³/mol. The molecule has 0 bridgehead atoms. The zero-order valence-electron chi connectivity index (χ0n) is 14.1. The first-order chi connectivity index (χ1) is 12.8. The van der Waals surface area contributed by atoms with Gasteiger partial charge >= 0.3 is 5.97 Å². The number of carbonyl (C=O) groups excluding carboxylic acids is 4. The van der Waals surface area contributed by atoms with Gasteiger partial charge in [-0.2, -0.15) is 0 Å². The molecule has 2 N–H and O–H groups in total. The molecule has 1 heterocycles. The summed E-state index contributed by atoms with van der Waals surface area (Å²) in [7, 11) is 1.65. The molecule has 10 heteroatoms. The predicted octanol–water partition coefficient (Wildman–Crippen LogP) is 1.56. The summed E-state index contributed by atoms with van der Waals surface area (Å²) in [6, 6.07) is 7.47. The van der Waals surface area contributed by atoms with E-state index in [4.69, 9.17) is 27.9 Å². The summed E-state index contributed by atoms with van der Waals surface area (Å²) in [5, 5.41) is 4.90. The van der Waals surface area contributed by atoms with E-state index in [1.165, 1.54) is 28.8 Å². The Kier molecular flexibility index (Phi) is 6.98. The number of ether oxygens (including phenoxy) is 1. The summed E-state index contributed by atoms with van der Waals surface area (Å²) >= 11 is 11.6. The molecule has 2 aromatic rings. The zero-order chi connectivity index (χ0) is 20.0. The number of imide groups is 1. The Hall–Kier alpha value is -2.84. The molecule has 3 amide bonds. The van der Waals surface area contributed by atoms with E-state index in [1.54, 1.807) is 19.3 Å². The van der Waals surface area contributed by atoms with E-state index in [0.29, 0.717) is 5.02 Å². The molecule has 0 fully saturated rings. The van der Waals surface area contributed by atoms with Crippen LogP contribution in [0.1, 0.15) is 20.8 Å². The highest BCUT2D eigenvalue weighted by Gasteiger charge is 2.16. The molecule has 0 saturated carbocycles. The molecule has 0 spiro atoms. The van der Waals surface area contributed by atoms with Gasteiger partial charge in [0.25, 0.3) is 17.7 Å². The third-order valence-electron chi connectivity index (χ3n) is 3.36. The van der Waals surface area contributed by atoms with Crippen molar-refractivity contribution in [2.24, 2.45) is 7.05 Å². The van der Waals surface area contributed by atoms with Crippen molar-refractivity contribution in [1.82, 2.24) is 15.2 Å². The van der Waals surface area contributed by atoms with Crippen molar-refractivity contribution in [3.8, 4) is 0 Å². The van der Waals surface area contributed by atoms with Gasteiger partial charge in [-0.15, -0.1) is 0 Å². The van der Waals surface area contributed by atoms with Crippen LogP contribution in [0.3, 0.4) is 0 Å². The number of nitrogens with zero attached hydrogens (tertiary/aromatic N) is 1. The van der Waals surface area contributed by atoms with Crippen LogP contribution in [-0.4, -0.2) is 41.4 Å². The average Bonchev–Trinajstić information content (AvgIpc) is 3.04. The number of aryl methyl sites for hydroxylation is 1. The van der Waals surface area contributed by atoms with Gasteiger partial charge in [0, 0.05) is 18.3 Å². The van der Waals surface area contributed by atoms with Gasteiger partial charge in [-0.25, -0.2) is 0 Å². The first-order valence-corrected chi connectivity index (χ1v) is 8.38. The van der Waals surface area contributed by atoms with E-state index >= 15 is 0 Å². The number of hydrogen-bond donors (Lipinski definition) is 2. The Morgan fingerprint density at radius 1 is 1.11 bits per heavy atom. The first-order valence-electron chi connectivity index (χ1n) is 7.62. The van der Waals surface area contributed by atoms with Crippen molar-refractivity contribution in [1.29, 1.82) is 0 Å². The van der Waals surface area contributed by atoms with E-state index in [2.05, 4.69) is 10.6 Å². The quantitative estimate of drug-likeness (QED) is 0.701. The van der Waals surface area contributed by atoms with Gasteiger partial charge < -0.3 is 14.6 Å². The molecular weight excluding hydrogens is 397 g/mol. The lowest BCUT2D eigenvalue weighted by atomic mass is 10.2. The average molecular weight is 412 g/mol. The Balaban J connectivity index is 1.75. The lowest BCUT2D eigenvalue weighted by Crippen LogP contribution is -2.37. The van der Waals surface area contributed by atoms with Gasteiger partial charge in [0.05, 0.1) is 10.6 Å². The van der Waals surface area contributed by atoms with Crippen LogP contribution in [0.5, 0.6) is 0 Å². The smallest absolute Gasteiger partial charge is 0.325 e. The summed E-state index contributed by atoms with van der Waals surface area (Å²) in [5.41, 5.74) is 0.418. The minimum Gasteiger partial charge on any atom is -0.454 e. The van der Waals surface area contributed by atoms with E-state index < -0.39 is 36.8 Å². The summed E-state index contributed by atoms with van der Waals surface area (Å²) < 4.78 is 6.24. The minimum atomic E-state index is -0.852. The van der Waals surface area contributed by atoms with Crippen LogP contribution in [0.25, 0.3) is 0 Å². The second-order valence-electron chi connectivity index (χ2n) is 5.35. The van der Waals surface area contributed by atoms with Crippen molar-refractivity contribution >= 4 is 46.9 Å². The highest BCUT2D eigenvalue weighted by molar-refractivity contribution is 6.36. The molecule has 0 aliphatic heterocycles. The molecule has 0 aliphatic rings. The number of carbonyl (C=O) groups is 4. The number of rotatable bonds is 6. The first kappa shape index (κ1) is 20.5. The second kappa shape index (κ2) is 9.20. The fourth-order valence-electron chi connectivity index (χ4n) is 2.04. The Labute approximate surface area is 164 Å². The number of nitrogens with one attached hydrogen (secondary N) is 2. The topological polar surface area (TPSA) is 106 Å². The second-order valence-corrected chi connectivity index (χ2v) is 6.19. The van der Waals surface area contributed by atoms with Crippen molar-refractivity contribution in [2.45, 2.75) is 0 Å². The van der Waals surface area contributed by atoms with Crippen LogP contribution in [0, 0.1) is 0 Å². The zero-order valence-corrected chi connectivity index (χ0v) is 15.6. The molecule has 1 aromatic carbocycles. The third-order valence-corrected chi connectivity index (χ3v) is 3.91. The van der Waals surface area contributed by atoms with E-state index in [9.17, 15) is 19.2 Å². The Bertz CT molecular complexity index is 894. The summed E-state index contributed by atoms with van der Waals surface area (Å²) in [4.78, 5) is 47.1. The van der Waals surface area contributed by atoms with Crippen molar-refractivity contribution in [2.75, 3.05) is 13.2 Å². The van der Waals surface area contributed by atoms with Gasteiger partial charge in [0.2, 0.25) is 0 Å². The highest BCUT2D eigenvalue weighted by atomic mass is 35.5. The van der Waals surface area contributed by atoms with Crippen LogP contribution in [0.4, 0.5) is 0 Å². The van der Waals surface area contributed by atoms with Gasteiger partial charge in [-0.3, -0.25) is 24.5 Å². The molecular formula is C17H15Cl2N3O5. The van der Waals surface area contributed by atoms with Crippen LogP contribution in [0.15, 0.2) is 36.5 Å². The van der Waals surface area contributed by atoms with E-state index in [1.807, 2.05) is 0 Å². The van der Waals surface area contributed by atoms with Crippen molar-refractivity contribution < 1.29 is 23.9 Å². The van der Waals surface area contributed by atoms with Gasteiger partial charge in [-0.1, -0.05) is 23.2 Å². The summed E-state index contributed by atoms with van der Waals surface area (Å²) in [5.74, 6) is -2.86. The number of amides is 3. The fourth-order valence-corrected chi connectivity index (χ4v) is 2.54. The van der Waals surface area contributed by atoms with Gasteiger partial charge in [-0.05, 0) is 30.3 Å². The third kappa shape index (κ3) is 5.83. The monoisotopic (exact) mass is 411 g/mol. The fraction of sp³-hybridized carbons (Fsp3) is 0.176. The van der Waals surface area contributed by atoms with Crippen LogP contribution >= 0.6 is 23.2 Å². The SMILES string of the molecule is Cn1cccc1C(=O)NC(=O)COC(=O)CNC(=O)c1ccc(Cl)cc1Cl. The van der Waals surface area contributed by atoms with E-state index in [-0.39, 0.29) is 16.3 Å². The Morgan fingerprint density at radius 3 is 2.48 bits per heavy atom. The molecule has 2 rings (SSSR count). The normalized spacial score (nSPS) is 10.2. The molecule has 0 aliphatic carbocycles. The molecule has 1 aromatic heterocycles. The maximum Gasteiger partial charge on any atom is 0.325 e. The largest absolute Gasteiger partial charge is 0.454 e. The van der Waals surface area contributed by atoms with E-state index in [0.717, 1.165) is 0 Å². The standard InChI is InChI=1S/C17H15Cl2N3O5/c1-22-6-2-3-13(22)17(26)21-14(23)9-27-15(24)8-20-16(25)11-5-4-10(18)7-12(11)19/h2-7H,8-9H2,1H3,(H,20,25)(H,21,23,26). The molecule has 142 valence electrons. The lowest BCUT2D eigenvalue weighted by Gasteiger charge is -2.08. The number of aromatic nitrogens is 1. The van der Waals surface area contributed by atoms with Crippen molar-refractivity contribution in [3.63, 3.8) is 0 Å². The number of hydrogen-bond acceptors (Lipinski definition) is 5. The van der Waals surface area contributed by atoms with Gasteiger partial charge in [0.15, 0.2) is 6.61 Å². The van der Waals surface area contributed by atoms with Gasteiger partial charge in [0.1, 0.15) is 12.2 Å². The number of benzene rings is 1. The Morgan fingerprint density at radius 2 is 1.85 bits per heavy atom. The molecule has 8 nitrogen and oxygen atoms in total. The summed E-state index contributed by atoms with van der Waals surface area (Å²) in [6.07, 6.45) is 1.65. The van der Waals surface area contributed by atoms with Crippen LogP contribution < -0.4 is 10.6 Å². The maximum absolute atomic E-state index is 12.0. The molecule has 0 saturated heterocycles. The highest BCUT2D eigenvalue weighted by Crippen LogP contribution is 2.20. The molecule has 27 heavy (non-hydrogen) atoms. The number of halogens is 2. The molecule has 0 atom stereocenters. The van der Waals surface area contributed by atoms with Crippen LogP contribution in [-0.2, 0) is 21.4 Å². The van der Waals surface area contributed by atoms with Crippen LogP contribution in [0.2, 0.25) is 10.0 Å². The number of esters is 1. The minimum absolute atomic E-state index is 0.131. The van der Waals surface area contributed by atoms with Crippen molar-refractivity contribution in [3.05, 3.63) is 57.8 Å². The molecule has 0 radical (unpaired) electrons.